The maximum atomic E-state index is 12.6. The zero-order valence-corrected chi connectivity index (χ0v) is 16.5. The molecular weight excluding hydrogens is 332 g/mol. The van der Waals surface area contributed by atoms with E-state index in [0.29, 0.717) is 19.3 Å². The second-order valence-corrected chi connectivity index (χ2v) is 9.66. The topological polar surface area (TPSA) is 87.0 Å². The highest BCUT2D eigenvalue weighted by Gasteiger charge is 2.70. The molecule has 0 heterocycles. The Bertz CT molecular complexity index is 605. The Kier molecular flexibility index (Phi) is 4.61. The summed E-state index contributed by atoms with van der Waals surface area (Å²) in [6, 6.07) is 0. The van der Waals surface area contributed by atoms with Gasteiger partial charge in [0.1, 0.15) is 5.60 Å². The molecule has 3 rings (SSSR count). The average molecular weight is 366 g/mol. The largest absolute Gasteiger partial charge is 0.469 e. The summed E-state index contributed by atoms with van der Waals surface area (Å²) in [5.41, 5.74) is -3.22. The summed E-state index contributed by atoms with van der Waals surface area (Å²) in [4.78, 5) is 12.6. The minimum atomic E-state index is -1.58. The number of ether oxygens (including phenoxy) is 1. The second-order valence-electron chi connectivity index (χ2n) is 9.66. The summed E-state index contributed by atoms with van der Waals surface area (Å²) < 4.78 is 5.11. The molecule has 148 valence electrons. The van der Waals surface area contributed by atoms with Crippen LogP contribution < -0.4 is 0 Å². The Morgan fingerprint density at radius 1 is 1.15 bits per heavy atom. The molecule has 0 radical (unpaired) electrons. The van der Waals surface area contributed by atoms with E-state index >= 15 is 0 Å². The van der Waals surface area contributed by atoms with Crippen LogP contribution in [-0.4, -0.2) is 46.2 Å². The lowest BCUT2D eigenvalue weighted by atomic mass is 9.40. The van der Waals surface area contributed by atoms with Crippen LogP contribution in [0.3, 0.4) is 0 Å². The van der Waals surface area contributed by atoms with Crippen molar-refractivity contribution >= 4 is 5.97 Å². The Labute approximate surface area is 156 Å². The lowest BCUT2D eigenvalue weighted by Gasteiger charge is -2.66. The minimum absolute atomic E-state index is 0.0863. The first-order chi connectivity index (χ1) is 12.0. The van der Waals surface area contributed by atoms with Crippen molar-refractivity contribution in [3.05, 3.63) is 12.7 Å². The predicted molar refractivity (Wildman–Crippen MR) is 98.2 cm³/mol. The molecule has 0 aromatic rings. The molecule has 0 bridgehead atoms. The van der Waals surface area contributed by atoms with Gasteiger partial charge in [-0.15, -0.1) is 6.58 Å². The van der Waals surface area contributed by atoms with E-state index in [4.69, 9.17) is 4.74 Å². The predicted octanol–water partition coefficient (Wildman–Crippen LogP) is 2.43. The molecule has 0 aromatic heterocycles. The lowest BCUT2D eigenvalue weighted by molar-refractivity contribution is -0.291. The molecule has 3 aliphatic rings. The molecule has 0 aliphatic heterocycles. The van der Waals surface area contributed by atoms with Crippen molar-refractivity contribution in [2.45, 2.75) is 77.1 Å². The molecule has 5 nitrogen and oxygen atoms in total. The summed E-state index contributed by atoms with van der Waals surface area (Å²) in [6.45, 7) is 9.79. The highest BCUT2D eigenvalue weighted by molar-refractivity contribution is 5.77. The van der Waals surface area contributed by atoms with Gasteiger partial charge in [0.15, 0.2) is 0 Å². The van der Waals surface area contributed by atoms with Gasteiger partial charge in [-0.2, -0.15) is 0 Å². The molecular formula is C21H34O5. The molecule has 26 heavy (non-hydrogen) atoms. The van der Waals surface area contributed by atoms with Crippen LogP contribution in [0.1, 0.15) is 59.3 Å². The van der Waals surface area contributed by atoms with Crippen molar-refractivity contribution in [3.63, 3.8) is 0 Å². The van der Waals surface area contributed by atoms with Crippen LogP contribution >= 0.6 is 0 Å². The molecule has 3 fully saturated rings. The number of esters is 1. The van der Waals surface area contributed by atoms with Crippen molar-refractivity contribution in [1.82, 2.24) is 0 Å². The standard InChI is InChI=1S/C21H34O5/c1-6-18(2)11-8-13-19(3)9-7-10-20(4,17(24)26-5)14(19)12-15(22)21(13,25)16(18)23/h6,13-16,22-23,25H,1,7-12H2,2-5H3/t13-,14-,15+,16-,18-,19-,20-,21-/m1/s1. The van der Waals surface area contributed by atoms with Crippen molar-refractivity contribution in [3.8, 4) is 0 Å². The van der Waals surface area contributed by atoms with Crippen LogP contribution in [0.25, 0.3) is 0 Å². The normalized spacial score (nSPS) is 54.0. The molecule has 0 unspecified atom stereocenters. The highest BCUT2D eigenvalue weighted by Crippen LogP contribution is 2.66. The Hall–Kier alpha value is -0.910. The minimum Gasteiger partial charge on any atom is -0.469 e. The third-order valence-electron chi connectivity index (χ3n) is 8.48. The average Bonchev–Trinajstić information content (AvgIpc) is 2.61. The number of carbonyl (C=O) groups is 1. The van der Waals surface area contributed by atoms with E-state index in [1.165, 1.54) is 7.11 Å². The Morgan fingerprint density at radius 3 is 2.38 bits per heavy atom. The van der Waals surface area contributed by atoms with Gasteiger partial charge in [0.2, 0.25) is 0 Å². The quantitative estimate of drug-likeness (QED) is 0.516. The van der Waals surface area contributed by atoms with Crippen LogP contribution in [0.2, 0.25) is 0 Å². The third-order valence-corrected chi connectivity index (χ3v) is 8.48. The number of aliphatic hydroxyl groups excluding tert-OH is 2. The monoisotopic (exact) mass is 366 g/mol. The lowest BCUT2D eigenvalue weighted by Crippen LogP contribution is -2.73. The molecule has 3 aliphatic carbocycles. The van der Waals surface area contributed by atoms with Crippen LogP contribution in [-0.2, 0) is 9.53 Å². The first-order valence-electron chi connectivity index (χ1n) is 9.81. The summed E-state index contributed by atoms with van der Waals surface area (Å²) in [6.07, 6.45) is 3.70. The van der Waals surface area contributed by atoms with Crippen molar-refractivity contribution in [2.24, 2.45) is 28.1 Å². The first kappa shape index (κ1) is 19.8. The SMILES string of the molecule is C=C[C@]1(C)CC[C@@H]2[C@@]3(C)CCC[C@@](C)(C(=O)OC)[C@@H]3C[C@H](O)[C@@]2(O)[C@@H]1O. The zero-order chi connectivity index (χ0) is 19.5. The molecule has 0 amide bonds. The summed E-state index contributed by atoms with van der Waals surface area (Å²) in [7, 11) is 1.41. The second kappa shape index (κ2) is 6.05. The van der Waals surface area contributed by atoms with Gasteiger partial charge in [0.05, 0.1) is 24.7 Å². The van der Waals surface area contributed by atoms with Gasteiger partial charge in [-0.05, 0) is 56.3 Å². The van der Waals surface area contributed by atoms with E-state index in [-0.39, 0.29) is 23.2 Å². The van der Waals surface area contributed by atoms with E-state index in [9.17, 15) is 20.1 Å². The maximum absolute atomic E-state index is 12.6. The number of hydrogen-bond acceptors (Lipinski definition) is 5. The van der Waals surface area contributed by atoms with Crippen molar-refractivity contribution in [1.29, 1.82) is 0 Å². The number of methoxy groups -OCH3 is 1. The van der Waals surface area contributed by atoms with E-state index in [1.807, 2.05) is 13.8 Å². The summed E-state index contributed by atoms with van der Waals surface area (Å²) >= 11 is 0. The number of hydrogen-bond donors (Lipinski definition) is 3. The maximum Gasteiger partial charge on any atom is 0.311 e. The van der Waals surface area contributed by atoms with Gasteiger partial charge in [0.25, 0.3) is 0 Å². The van der Waals surface area contributed by atoms with Gasteiger partial charge in [-0.1, -0.05) is 26.3 Å². The van der Waals surface area contributed by atoms with Gasteiger partial charge in [0, 0.05) is 5.41 Å². The Balaban J connectivity index is 2.08. The number of carbonyl (C=O) groups excluding carboxylic acids is 1. The van der Waals surface area contributed by atoms with E-state index in [2.05, 4.69) is 13.5 Å². The third kappa shape index (κ3) is 2.29. The fraction of sp³-hybridized carbons (Fsp3) is 0.857. The molecule has 3 N–H and O–H groups in total. The molecule has 5 heteroatoms. The first-order valence-corrected chi connectivity index (χ1v) is 9.81. The number of fused-ring (bicyclic) bond motifs is 3. The number of rotatable bonds is 2. The highest BCUT2D eigenvalue weighted by atomic mass is 16.5. The molecule has 8 atom stereocenters. The van der Waals surface area contributed by atoms with Crippen molar-refractivity contribution in [2.75, 3.05) is 7.11 Å². The van der Waals surface area contributed by atoms with Gasteiger partial charge in [-0.25, -0.2) is 0 Å². The summed E-state index contributed by atoms with van der Waals surface area (Å²) in [5, 5.41) is 33.7. The van der Waals surface area contributed by atoms with Crippen LogP contribution in [0.15, 0.2) is 12.7 Å². The zero-order valence-electron chi connectivity index (χ0n) is 16.5. The van der Waals surface area contributed by atoms with E-state index < -0.39 is 28.6 Å². The fourth-order valence-corrected chi connectivity index (χ4v) is 6.78. The van der Waals surface area contributed by atoms with Gasteiger partial charge in [-0.3, -0.25) is 4.79 Å². The van der Waals surface area contributed by atoms with E-state index in [0.717, 1.165) is 19.3 Å². The van der Waals surface area contributed by atoms with Crippen LogP contribution in [0.5, 0.6) is 0 Å². The van der Waals surface area contributed by atoms with Crippen molar-refractivity contribution < 1.29 is 24.9 Å². The van der Waals surface area contributed by atoms with Crippen LogP contribution in [0.4, 0.5) is 0 Å². The molecule has 0 saturated heterocycles. The number of aliphatic hydroxyl groups is 3. The smallest absolute Gasteiger partial charge is 0.311 e. The molecule has 0 spiro atoms. The van der Waals surface area contributed by atoms with Crippen LogP contribution in [0, 0.1) is 28.1 Å². The molecule has 3 saturated carbocycles. The van der Waals surface area contributed by atoms with Gasteiger partial charge >= 0.3 is 5.97 Å². The fourth-order valence-electron chi connectivity index (χ4n) is 6.78. The van der Waals surface area contributed by atoms with E-state index in [1.54, 1.807) is 6.08 Å². The van der Waals surface area contributed by atoms with Gasteiger partial charge < -0.3 is 20.1 Å². The molecule has 0 aromatic carbocycles. The summed E-state index contributed by atoms with van der Waals surface area (Å²) in [5.74, 6) is -0.592. The Morgan fingerprint density at radius 2 is 1.81 bits per heavy atom.